The Morgan fingerprint density at radius 3 is 2.15 bits per heavy atom. The molecule has 1 aliphatic carbocycles. The number of anilines is 3. The summed E-state index contributed by atoms with van der Waals surface area (Å²) >= 11 is 11.5. The number of carbonyl (C=O) groups is 1. The van der Waals surface area contributed by atoms with Gasteiger partial charge in [-0.05, 0) is 71.2 Å². The van der Waals surface area contributed by atoms with Crippen molar-refractivity contribution in [2.24, 2.45) is 5.10 Å². The fourth-order valence-electron chi connectivity index (χ4n) is 3.27. The van der Waals surface area contributed by atoms with Gasteiger partial charge in [-0.25, -0.2) is 16.8 Å². The van der Waals surface area contributed by atoms with Crippen molar-refractivity contribution in [2.75, 3.05) is 17.9 Å². The van der Waals surface area contributed by atoms with Crippen LogP contribution < -0.4 is 74.6 Å². The van der Waals surface area contributed by atoms with E-state index in [-0.39, 0.29) is 104 Å². The minimum atomic E-state index is -5.26. The minimum Gasteiger partial charge on any atom is -0.744 e. The number of benzene rings is 2. The molecule has 4 rings (SSSR count). The average Bonchev–Trinajstić information content (AvgIpc) is 2.81. The van der Waals surface area contributed by atoms with Crippen LogP contribution in [0.15, 0.2) is 51.3 Å². The molecule has 0 saturated carbocycles. The third-order valence-electron chi connectivity index (χ3n) is 4.88. The molecule has 0 amide bonds. The van der Waals surface area contributed by atoms with E-state index >= 15 is 0 Å². The average molecular weight is 645 g/mol. The molecule has 0 spiro atoms. The number of fused-ring (bicyclic) bond motifs is 1. The topological polar surface area (TPSA) is 216 Å². The van der Waals surface area contributed by atoms with Gasteiger partial charge in [-0.1, -0.05) is 0 Å². The van der Waals surface area contributed by atoms with Crippen LogP contribution in [-0.4, -0.2) is 59.5 Å². The second-order valence-electron chi connectivity index (χ2n) is 7.30. The molecule has 0 atom stereocenters. The van der Waals surface area contributed by atoms with Crippen LogP contribution in [-0.2, 0) is 20.2 Å². The Labute approximate surface area is 281 Å². The SMILES string of the molecule is COc1ccc(N/N=C2\C(=O)c3ccc(Nc4nc(Cl)nc(Cl)n4)cc3C=C2S(=O)(=O)[O-])c(S(=O)(=O)[O-])c1.[Na+].[Na+]. The molecule has 0 fully saturated rings. The number of hydrazone groups is 1. The largest absolute Gasteiger partial charge is 1.00 e. The zero-order valence-electron chi connectivity index (χ0n) is 20.7. The number of hydrogen-bond donors (Lipinski definition) is 2. The van der Waals surface area contributed by atoms with Gasteiger partial charge in [0.05, 0.1) is 22.6 Å². The van der Waals surface area contributed by atoms with Crippen molar-refractivity contribution in [1.82, 2.24) is 15.0 Å². The smallest absolute Gasteiger partial charge is 0.744 e. The molecule has 0 aliphatic heterocycles. The second kappa shape index (κ2) is 13.5. The first-order valence-electron chi connectivity index (χ1n) is 9.94. The maximum Gasteiger partial charge on any atom is 1.00 e. The van der Waals surface area contributed by atoms with Crippen molar-refractivity contribution in [2.45, 2.75) is 4.90 Å². The van der Waals surface area contributed by atoms with Gasteiger partial charge in [0, 0.05) is 11.3 Å². The molecular weight excluding hydrogens is 633 g/mol. The van der Waals surface area contributed by atoms with E-state index in [0.717, 1.165) is 18.2 Å². The van der Waals surface area contributed by atoms with E-state index in [0.29, 0.717) is 0 Å². The predicted octanol–water partition coefficient (Wildman–Crippen LogP) is -3.61. The van der Waals surface area contributed by atoms with Crippen molar-refractivity contribution in [3.8, 4) is 5.75 Å². The van der Waals surface area contributed by atoms with Gasteiger partial charge in [-0.15, -0.1) is 0 Å². The Morgan fingerprint density at radius 2 is 1.57 bits per heavy atom. The molecule has 198 valence electrons. The number of aromatic nitrogens is 3. The zero-order valence-corrected chi connectivity index (χ0v) is 27.8. The first-order chi connectivity index (χ1) is 17.8. The third kappa shape index (κ3) is 7.99. The van der Waals surface area contributed by atoms with Crippen LogP contribution in [0, 0.1) is 0 Å². The number of halogens is 2. The molecule has 40 heavy (non-hydrogen) atoms. The van der Waals surface area contributed by atoms with Crippen LogP contribution in [0.3, 0.4) is 0 Å². The van der Waals surface area contributed by atoms with Crippen molar-refractivity contribution in [1.29, 1.82) is 0 Å². The normalized spacial score (nSPS) is 13.9. The van der Waals surface area contributed by atoms with E-state index in [1.54, 1.807) is 0 Å². The van der Waals surface area contributed by atoms with E-state index < -0.39 is 41.5 Å². The Bertz CT molecular complexity index is 1750. The number of nitrogens with zero attached hydrogens (tertiary/aromatic N) is 4. The molecule has 0 bridgehead atoms. The van der Waals surface area contributed by atoms with E-state index in [4.69, 9.17) is 27.9 Å². The van der Waals surface area contributed by atoms with Crippen LogP contribution in [0.5, 0.6) is 5.75 Å². The van der Waals surface area contributed by atoms with Gasteiger partial charge >= 0.3 is 59.1 Å². The number of allylic oxidation sites excluding steroid dienone is 1. The summed E-state index contributed by atoms with van der Waals surface area (Å²) in [7, 11) is -9.05. The standard InChI is InChI=1S/C20H14Cl2N6O8S2.2Na/c1-36-11-3-5-13(14(8-11)37(30,31)32)27-28-16-15(38(33,34)35)7-9-6-10(2-4-12(9)17(16)29)23-20-25-18(21)24-19(22)26-20;;/h2-8,27H,1H3,(H,30,31,32)(H,33,34,35)(H,23,24,25,26);;/q;2*+1/p-2/b28-16-;;. The molecule has 2 aromatic carbocycles. The Morgan fingerprint density at radius 1 is 0.925 bits per heavy atom. The number of ketones is 1. The molecule has 0 saturated heterocycles. The summed E-state index contributed by atoms with van der Waals surface area (Å²) in [6.45, 7) is 0. The monoisotopic (exact) mass is 644 g/mol. The number of carbonyl (C=O) groups excluding carboxylic acids is 1. The van der Waals surface area contributed by atoms with Crippen molar-refractivity contribution >= 4 is 78.3 Å². The quantitative estimate of drug-likeness (QED) is 0.144. The minimum absolute atomic E-state index is 0. The molecular formula is C20H12Cl2N6Na2O8S2. The van der Waals surface area contributed by atoms with Crippen LogP contribution in [0.25, 0.3) is 6.08 Å². The van der Waals surface area contributed by atoms with Gasteiger partial charge < -0.3 is 19.2 Å². The van der Waals surface area contributed by atoms with Gasteiger partial charge in [0.15, 0.2) is 0 Å². The summed E-state index contributed by atoms with van der Waals surface area (Å²) in [5, 5.41) is 6.04. The van der Waals surface area contributed by atoms with Gasteiger partial charge in [0.2, 0.25) is 22.3 Å². The number of Topliss-reactive ketones (excluding diaryl/α,β-unsaturated/α-hetero) is 1. The number of methoxy groups -OCH3 is 1. The maximum absolute atomic E-state index is 13.1. The van der Waals surface area contributed by atoms with Crippen LogP contribution in [0.4, 0.5) is 17.3 Å². The number of hydrogen-bond acceptors (Lipinski definition) is 14. The summed E-state index contributed by atoms with van der Waals surface area (Å²) in [5.74, 6) is -0.982. The molecule has 14 nitrogen and oxygen atoms in total. The van der Waals surface area contributed by atoms with Crippen LogP contribution in [0.1, 0.15) is 15.9 Å². The first kappa shape index (κ1) is 34.5. The zero-order chi connectivity index (χ0) is 27.8. The summed E-state index contributed by atoms with van der Waals surface area (Å²) in [4.78, 5) is 22.6. The molecule has 3 aromatic rings. The van der Waals surface area contributed by atoms with Gasteiger partial charge in [-0.3, -0.25) is 10.2 Å². The van der Waals surface area contributed by atoms with E-state index in [9.17, 15) is 30.7 Å². The Hall–Kier alpha value is -1.67. The van der Waals surface area contributed by atoms with E-state index in [1.807, 2.05) is 0 Å². The summed E-state index contributed by atoms with van der Waals surface area (Å²) in [6, 6.07) is 7.37. The molecule has 1 heterocycles. The van der Waals surface area contributed by atoms with Gasteiger partial charge in [-0.2, -0.15) is 20.1 Å². The molecule has 0 radical (unpaired) electrons. The van der Waals surface area contributed by atoms with Crippen molar-refractivity contribution < 1.29 is 94.6 Å². The Balaban J connectivity index is 0.00000280. The molecule has 0 unspecified atom stereocenters. The predicted molar refractivity (Wildman–Crippen MR) is 134 cm³/mol. The maximum atomic E-state index is 13.1. The van der Waals surface area contributed by atoms with Gasteiger partial charge in [0.1, 0.15) is 31.7 Å². The summed E-state index contributed by atoms with van der Waals surface area (Å²) < 4.78 is 75.9. The molecule has 1 aliphatic rings. The summed E-state index contributed by atoms with van der Waals surface area (Å²) in [6.07, 6.45) is 0.914. The number of ether oxygens (including phenoxy) is 1. The van der Waals surface area contributed by atoms with Crippen molar-refractivity contribution in [3.05, 3.63) is 63.0 Å². The summed E-state index contributed by atoms with van der Waals surface area (Å²) in [5.41, 5.74) is 1.24. The number of rotatable bonds is 7. The van der Waals surface area contributed by atoms with Gasteiger partial charge in [0.25, 0.3) is 0 Å². The molecule has 20 heteroatoms. The first-order valence-corrected chi connectivity index (χ1v) is 13.5. The van der Waals surface area contributed by atoms with E-state index in [1.165, 1.54) is 31.4 Å². The second-order valence-corrected chi connectivity index (χ2v) is 10.7. The van der Waals surface area contributed by atoms with Crippen molar-refractivity contribution in [3.63, 3.8) is 0 Å². The molecule has 1 aromatic heterocycles. The fourth-order valence-corrected chi connectivity index (χ4v) is 4.92. The number of nitrogens with one attached hydrogen (secondary N) is 2. The van der Waals surface area contributed by atoms with Crippen LogP contribution >= 0.6 is 23.2 Å². The Kier molecular flexibility index (Phi) is 11.7. The molecule has 2 N–H and O–H groups in total. The third-order valence-corrected chi connectivity index (χ3v) is 6.95. The fraction of sp³-hybridized carbons (Fsp3) is 0.0500. The van der Waals surface area contributed by atoms with Crippen LogP contribution in [0.2, 0.25) is 10.6 Å². The van der Waals surface area contributed by atoms with E-state index in [2.05, 4.69) is 30.8 Å².